The number of nitrogens with zero attached hydrogens (tertiary/aromatic N) is 4. The highest BCUT2D eigenvalue weighted by molar-refractivity contribution is 5.89. The first-order valence-electron chi connectivity index (χ1n) is 10.6. The predicted octanol–water partition coefficient (Wildman–Crippen LogP) is 2.24. The van der Waals surface area contributed by atoms with Crippen LogP contribution in [0.3, 0.4) is 0 Å². The topological polar surface area (TPSA) is 85.4 Å². The molecule has 2 saturated heterocycles. The minimum absolute atomic E-state index is 0.0866. The second-order valence-corrected chi connectivity index (χ2v) is 8.68. The summed E-state index contributed by atoms with van der Waals surface area (Å²) in [6.45, 7) is 2.92. The normalized spacial score (nSPS) is 23.3. The first-order chi connectivity index (χ1) is 14.7. The number of fused-ring (bicyclic) bond motifs is 2. The van der Waals surface area contributed by atoms with Gasteiger partial charge in [-0.05, 0) is 24.5 Å². The molecule has 2 aliphatic heterocycles. The third kappa shape index (κ3) is 3.33. The van der Waals surface area contributed by atoms with E-state index in [0.29, 0.717) is 26.1 Å². The van der Waals surface area contributed by atoms with Crippen LogP contribution in [-0.4, -0.2) is 63.9 Å². The van der Waals surface area contributed by atoms with Crippen LogP contribution < -0.4 is 4.90 Å². The zero-order valence-corrected chi connectivity index (χ0v) is 17.0. The van der Waals surface area contributed by atoms with E-state index < -0.39 is 0 Å². The van der Waals surface area contributed by atoms with Gasteiger partial charge in [0.1, 0.15) is 5.82 Å². The van der Waals surface area contributed by atoms with Crippen molar-refractivity contribution in [3.63, 3.8) is 0 Å². The summed E-state index contributed by atoms with van der Waals surface area (Å²) in [5.41, 5.74) is 1.96. The molecule has 7 heteroatoms. The van der Waals surface area contributed by atoms with E-state index >= 15 is 0 Å². The number of pyridine rings is 1. The Labute approximate surface area is 175 Å². The number of aliphatic hydroxyl groups is 1. The van der Waals surface area contributed by atoms with Crippen LogP contribution in [0.1, 0.15) is 18.4 Å². The van der Waals surface area contributed by atoms with Crippen molar-refractivity contribution in [3.05, 3.63) is 54.4 Å². The number of aryl methyl sites for hydroxylation is 1. The van der Waals surface area contributed by atoms with Crippen molar-refractivity contribution < 1.29 is 9.90 Å². The molecule has 0 spiro atoms. The van der Waals surface area contributed by atoms with Crippen molar-refractivity contribution in [3.8, 4) is 0 Å². The largest absolute Gasteiger partial charge is 0.396 e. The highest BCUT2D eigenvalue weighted by atomic mass is 16.3. The lowest BCUT2D eigenvalue weighted by molar-refractivity contribution is -0.130. The molecular formula is C23H27N5O2. The molecule has 0 aliphatic carbocycles. The minimum Gasteiger partial charge on any atom is -0.396 e. The number of aromatic amines is 1. The Hall–Kier alpha value is -2.93. The van der Waals surface area contributed by atoms with Crippen LogP contribution in [0.25, 0.3) is 10.9 Å². The van der Waals surface area contributed by atoms with Crippen LogP contribution in [0.4, 0.5) is 5.82 Å². The maximum Gasteiger partial charge on any atom is 0.222 e. The third-order valence-electron chi connectivity index (χ3n) is 6.77. The minimum atomic E-state index is -0.275. The third-order valence-corrected chi connectivity index (χ3v) is 6.77. The summed E-state index contributed by atoms with van der Waals surface area (Å²) in [5, 5.41) is 18.4. The average Bonchev–Trinajstić information content (AvgIpc) is 3.46. The van der Waals surface area contributed by atoms with Crippen LogP contribution in [0.15, 0.2) is 48.8 Å². The second kappa shape index (κ2) is 7.72. The van der Waals surface area contributed by atoms with Gasteiger partial charge in [0.15, 0.2) is 0 Å². The molecule has 2 N–H and O–H groups in total. The molecule has 3 aromatic rings. The second-order valence-electron chi connectivity index (χ2n) is 8.68. The van der Waals surface area contributed by atoms with Gasteiger partial charge in [0.25, 0.3) is 0 Å². The van der Waals surface area contributed by atoms with Gasteiger partial charge in [-0.15, -0.1) is 0 Å². The van der Waals surface area contributed by atoms with E-state index in [4.69, 9.17) is 0 Å². The number of H-pyrrole nitrogens is 1. The van der Waals surface area contributed by atoms with Gasteiger partial charge in [-0.2, -0.15) is 5.10 Å². The average molecular weight is 406 g/mol. The van der Waals surface area contributed by atoms with Gasteiger partial charge in [-0.1, -0.05) is 30.3 Å². The highest BCUT2D eigenvalue weighted by Gasteiger charge is 2.53. The van der Waals surface area contributed by atoms with Gasteiger partial charge in [-0.25, -0.2) is 4.98 Å². The number of carbonyl (C=O) groups is 1. The van der Waals surface area contributed by atoms with Crippen molar-refractivity contribution in [2.24, 2.45) is 11.3 Å². The molecule has 0 radical (unpaired) electrons. The Balaban J connectivity index is 1.23. The molecule has 1 aromatic carbocycles. The molecule has 7 nitrogen and oxygen atoms in total. The molecule has 4 heterocycles. The number of aliphatic hydroxyl groups excluding tert-OH is 1. The lowest BCUT2D eigenvalue weighted by Gasteiger charge is -2.28. The number of anilines is 1. The Morgan fingerprint density at radius 1 is 1.20 bits per heavy atom. The standard InChI is InChI=1S/C23H27N5O2/c29-16-23-14-27(21(30)8-4-7-17-5-2-1-3-6-17)12-18(23)13-28(15-23)22-19-11-25-26-20(19)9-10-24-22/h1-3,5-6,9-11,18,29H,4,7-8,12-16H2,(H,25,26)/t18-,23+/m1/s1. The van der Waals surface area contributed by atoms with Crippen LogP contribution in [0, 0.1) is 11.3 Å². The first kappa shape index (κ1) is 19.1. The van der Waals surface area contributed by atoms with E-state index in [1.807, 2.05) is 29.2 Å². The summed E-state index contributed by atoms with van der Waals surface area (Å²) < 4.78 is 0. The number of carbonyl (C=O) groups excluding carboxylic acids is 1. The Morgan fingerprint density at radius 2 is 2.07 bits per heavy atom. The van der Waals surface area contributed by atoms with Crippen molar-refractivity contribution in [1.82, 2.24) is 20.1 Å². The van der Waals surface area contributed by atoms with E-state index in [-0.39, 0.29) is 23.8 Å². The van der Waals surface area contributed by atoms with E-state index in [1.54, 1.807) is 12.4 Å². The van der Waals surface area contributed by atoms with Gasteiger partial charge >= 0.3 is 0 Å². The first-order valence-corrected chi connectivity index (χ1v) is 10.6. The van der Waals surface area contributed by atoms with E-state index in [1.165, 1.54) is 5.56 Å². The van der Waals surface area contributed by atoms with Gasteiger partial charge in [-0.3, -0.25) is 9.89 Å². The Bertz CT molecular complexity index is 1040. The van der Waals surface area contributed by atoms with Gasteiger partial charge in [0.2, 0.25) is 5.91 Å². The highest BCUT2D eigenvalue weighted by Crippen LogP contribution is 2.44. The maximum atomic E-state index is 12.8. The quantitative estimate of drug-likeness (QED) is 0.657. The predicted molar refractivity (Wildman–Crippen MR) is 115 cm³/mol. The van der Waals surface area contributed by atoms with Crippen LogP contribution in [-0.2, 0) is 11.2 Å². The summed E-state index contributed by atoms with van der Waals surface area (Å²) >= 11 is 0. The van der Waals surface area contributed by atoms with Crippen molar-refractivity contribution in [2.75, 3.05) is 37.7 Å². The van der Waals surface area contributed by atoms with Crippen LogP contribution in [0.2, 0.25) is 0 Å². The van der Waals surface area contributed by atoms with E-state index in [2.05, 4.69) is 32.2 Å². The lowest BCUT2D eigenvalue weighted by atomic mass is 9.82. The Morgan fingerprint density at radius 3 is 2.87 bits per heavy atom. The molecule has 1 amide bonds. The molecule has 2 atom stereocenters. The molecular weight excluding hydrogens is 378 g/mol. The van der Waals surface area contributed by atoms with Crippen LogP contribution >= 0.6 is 0 Å². The summed E-state index contributed by atoms with van der Waals surface area (Å²) in [7, 11) is 0. The number of likely N-dealkylation sites (tertiary alicyclic amines) is 1. The molecule has 2 fully saturated rings. The number of rotatable bonds is 6. The summed E-state index contributed by atoms with van der Waals surface area (Å²) in [6.07, 6.45) is 5.93. The maximum absolute atomic E-state index is 12.8. The smallest absolute Gasteiger partial charge is 0.222 e. The summed E-state index contributed by atoms with van der Waals surface area (Å²) in [5.74, 6) is 1.36. The molecule has 30 heavy (non-hydrogen) atoms. The van der Waals surface area contributed by atoms with E-state index in [0.717, 1.165) is 36.1 Å². The number of aromatic nitrogens is 3. The number of benzene rings is 1. The fourth-order valence-electron chi connectivity index (χ4n) is 5.11. The van der Waals surface area contributed by atoms with Crippen molar-refractivity contribution in [1.29, 1.82) is 0 Å². The van der Waals surface area contributed by atoms with Crippen molar-refractivity contribution in [2.45, 2.75) is 19.3 Å². The monoisotopic (exact) mass is 405 g/mol. The number of amides is 1. The molecule has 156 valence electrons. The molecule has 0 unspecified atom stereocenters. The number of nitrogens with one attached hydrogen (secondary N) is 1. The Kier molecular flexibility index (Phi) is 4.90. The molecule has 5 rings (SSSR count). The molecule has 0 saturated carbocycles. The summed E-state index contributed by atoms with van der Waals surface area (Å²) in [4.78, 5) is 21.6. The number of hydrogen-bond donors (Lipinski definition) is 2. The van der Waals surface area contributed by atoms with E-state index in [9.17, 15) is 9.90 Å². The molecule has 2 aromatic heterocycles. The van der Waals surface area contributed by atoms with Crippen molar-refractivity contribution >= 4 is 22.6 Å². The van der Waals surface area contributed by atoms with Crippen LogP contribution in [0.5, 0.6) is 0 Å². The fourth-order valence-corrected chi connectivity index (χ4v) is 5.11. The number of hydrogen-bond acceptors (Lipinski definition) is 5. The summed E-state index contributed by atoms with van der Waals surface area (Å²) in [6, 6.07) is 12.2. The molecule has 2 aliphatic rings. The van der Waals surface area contributed by atoms with Gasteiger partial charge in [0, 0.05) is 50.1 Å². The zero-order valence-electron chi connectivity index (χ0n) is 17.0. The fraction of sp³-hybridized carbons (Fsp3) is 0.435. The van der Waals surface area contributed by atoms with Gasteiger partial charge < -0.3 is 14.9 Å². The van der Waals surface area contributed by atoms with Gasteiger partial charge in [0.05, 0.1) is 23.7 Å². The molecule has 0 bridgehead atoms. The SMILES string of the molecule is O=C(CCCc1ccccc1)N1C[C@@H]2CN(c3nccc4[nH]ncc34)C[C@]2(CO)C1. The lowest BCUT2D eigenvalue weighted by Crippen LogP contribution is -2.39. The zero-order chi connectivity index (χ0) is 20.6.